The Labute approximate surface area is 112 Å². The lowest BCUT2D eigenvalue weighted by molar-refractivity contribution is -0.130. The van der Waals surface area contributed by atoms with Gasteiger partial charge in [0, 0.05) is 32.2 Å². The first kappa shape index (κ1) is 13.5. The molecule has 0 aromatic heterocycles. The second kappa shape index (κ2) is 5.81. The molecule has 0 N–H and O–H groups in total. The van der Waals surface area contributed by atoms with Crippen LogP contribution in [-0.4, -0.2) is 42.4 Å². The Morgan fingerprint density at radius 1 is 1.42 bits per heavy atom. The van der Waals surface area contributed by atoms with E-state index in [-0.39, 0.29) is 11.7 Å². The van der Waals surface area contributed by atoms with E-state index in [0.29, 0.717) is 24.2 Å². The average molecular weight is 261 g/mol. The second-order valence-corrected chi connectivity index (χ2v) is 4.80. The first-order valence-electron chi connectivity index (χ1n) is 6.25. The summed E-state index contributed by atoms with van der Waals surface area (Å²) in [5.41, 5.74) is 0.837. The summed E-state index contributed by atoms with van der Waals surface area (Å²) in [6.07, 6.45) is 0.889. The number of likely N-dealkylation sites (N-methyl/N-ethyl adjacent to an activating group) is 1. The normalized spacial score (nSPS) is 17.1. The number of hydrogen-bond donors (Lipinski definition) is 0. The maximum atomic E-state index is 13.8. The second-order valence-electron chi connectivity index (χ2n) is 4.80. The predicted octanol–water partition coefficient (Wildman–Crippen LogP) is 1.36. The van der Waals surface area contributed by atoms with Crippen LogP contribution in [0.15, 0.2) is 18.2 Å². The lowest BCUT2D eigenvalue weighted by atomic mass is 10.1. The molecule has 1 aliphatic rings. The highest BCUT2D eigenvalue weighted by Gasteiger charge is 2.19. The third-order valence-corrected chi connectivity index (χ3v) is 3.33. The molecule has 1 amide bonds. The zero-order valence-electron chi connectivity index (χ0n) is 10.9. The standard InChI is InChI=1S/C14H16FN3O/c1-17-5-2-6-18(10-14(17)19)9-12-4-3-11(8-16)7-13(12)15/h3-4,7H,2,5-6,9-10H2,1H3. The molecule has 100 valence electrons. The fourth-order valence-corrected chi connectivity index (χ4v) is 2.17. The molecule has 1 fully saturated rings. The number of nitriles is 1. The number of hydrogen-bond acceptors (Lipinski definition) is 3. The van der Waals surface area contributed by atoms with Crippen molar-refractivity contribution < 1.29 is 9.18 Å². The Morgan fingerprint density at radius 2 is 2.21 bits per heavy atom. The van der Waals surface area contributed by atoms with Crippen LogP contribution in [0.2, 0.25) is 0 Å². The molecule has 1 heterocycles. The van der Waals surface area contributed by atoms with Gasteiger partial charge < -0.3 is 4.90 Å². The van der Waals surface area contributed by atoms with Crippen LogP contribution in [0.4, 0.5) is 4.39 Å². The Balaban J connectivity index is 2.08. The lowest BCUT2D eigenvalue weighted by Gasteiger charge is -2.19. The van der Waals surface area contributed by atoms with Gasteiger partial charge in [0.25, 0.3) is 0 Å². The molecule has 0 spiro atoms. The molecule has 0 saturated carbocycles. The molecule has 1 aromatic carbocycles. The van der Waals surface area contributed by atoms with E-state index in [1.54, 1.807) is 24.1 Å². The van der Waals surface area contributed by atoms with Gasteiger partial charge in [-0.15, -0.1) is 0 Å². The number of benzene rings is 1. The molecule has 0 atom stereocenters. The van der Waals surface area contributed by atoms with Gasteiger partial charge in [-0.05, 0) is 18.6 Å². The van der Waals surface area contributed by atoms with Crippen LogP contribution in [0.25, 0.3) is 0 Å². The molecular weight excluding hydrogens is 245 g/mol. The maximum Gasteiger partial charge on any atom is 0.236 e. The first-order valence-corrected chi connectivity index (χ1v) is 6.25. The fourth-order valence-electron chi connectivity index (χ4n) is 2.17. The van der Waals surface area contributed by atoms with E-state index in [2.05, 4.69) is 0 Å². The highest BCUT2D eigenvalue weighted by atomic mass is 19.1. The largest absolute Gasteiger partial charge is 0.345 e. The zero-order chi connectivity index (χ0) is 13.8. The van der Waals surface area contributed by atoms with Crippen LogP contribution in [0.3, 0.4) is 0 Å². The smallest absolute Gasteiger partial charge is 0.236 e. The van der Waals surface area contributed by atoms with Crippen molar-refractivity contribution in [2.75, 3.05) is 26.7 Å². The Kier molecular flexibility index (Phi) is 4.13. The number of nitrogens with zero attached hydrogens (tertiary/aromatic N) is 3. The molecule has 0 aliphatic carbocycles. The quantitative estimate of drug-likeness (QED) is 0.807. The monoisotopic (exact) mass is 261 g/mol. The molecule has 19 heavy (non-hydrogen) atoms. The van der Waals surface area contributed by atoms with Gasteiger partial charge in [-0.25, -0.2) is 4.39 Å². The summed E-state index contributed by atoms with van der Waals surface area (Å²) < 4.78 is 13.8. The van der Waals surface area contributed by atoms with E-state index in [1.807, 2.05) is 11.0 Å². The third-order valence-electron chi connectivity index (χ3n) is 3.33. The summed E-state index contributed by atoms with van der Waals surface area (Å²) in [6.45, 7) is 2.23. The Hall–Kier alpha value is -1.93. The van der Waals surface area contributed by atoms with E-state index in [4.69, 9.17) is 5.26 Å². The van der Waals surface area contributed by atoms with Gasteiger partial charge in [-0.3, -0.25) is 9.69 Å². The van der Waals surface area contributed by atoms with Crippen molar-refractivity contribution in [2.45, 2.75) is 13.0 Å². The highest BCUT2D eigenvalue weighted by molar-refractivity contribution is 5.78. The summed E-state index contributed by atoms with van der Waals surface area (Å²) in [5.74, 6) is -0.323. The molecule has 1 aliphatic heterocycles. The minimum absolute atomic E-state index is 0.0616. The predicted molar refractivity (Wildman–Crippen MR) is 68.6 cm³/mol. The number of halogens is 1. The molecule has 2 rings (SSSR count). The molecule has 4 nitrogen and oxygen atoms in total. The van der Waals surface area contributed by atoms with Gasteiger partial charge in [0.05, 0.1) is 18.2 Å². The van der Waals surface area contributed by atoms with Crippen molar-refractivity contribution in [2.24, 2.45) is 0 Å². The minimum atomic E-state index is -0.385. The van der Waals surface area contributed by atoms with Crippen molar-refractivity contribution in [3.63, 3.8) is 0 Å². The molecule has 0 radical (unpaired) electrons. The average Bonchev–Trinajstić information content (AvgIpc) is 2.54. The molecule has 0 bridgehead atoms. The number of rotatable bonds is 2. The van der Waals surface area contributed by atoms with Crippen molar-refractivity contribution in [3.05, 3.63) is 35.1 Å². The minimum Gasteiger partial charge on any atom is -0.345 e. The van der Waals surface area contributed by atoms with E-state index in [9.17, 15) is 9.18 Å². The van der Waals surface area contributed by atoms with Gasteiger partial charge in [0.15, 0.2) is 0 Å². The molecule has 5 heteroatoms. The molecule has 1 saturated heterocycles. The first-order chi connectivity index (χ1) is 9.10. The molecular formula is C14H16FN3O. The highest BCUT2D eigenvalue weighted by Crippen LogP contribution is 2.14. The maximum absolute atomic E-state index is 13.8. The molecule has 1 aromatic rings. The summed E-state index contributed by atoms with van der Waals surface area (Å²) in [7, 11) is 1.79. The van der Waals surface area contributed by atoms with Gasteiger partial charge >= 0.3 is 0 Å². The van der Waals surface area contributed by atoms with Crippen LogP contribution >= 0.6 is 0 Å². The van der Waals surface area contributed by atoms with Crippen LogP contribution in [0.5, 0.6) is 0 Å². The van der Waals surface area contributed by atoms with Gasteiger partial charge in [0.2, 0.25) is 5.91 Å². The van der Waals surface area contributed by atoms with Crippen LogP contribution in [0.1, 0.15) is 17.5 Å². The third kappa shape index (κ3) is 3.30. The summed E-state index contributed by atoms with van der Waals surface area (Å²) >= 11 is 0. The SMILES string of the molecule is CN1CCCN(Cc2ccc(C#N)cc2F)CC1=O. The van der Waals surface area contributed by atoms with E-state index < -0.39 is 0 Å². The Morgan fingerprint density at radius 3 is 2.89 bits per heavy atom. The van der Waals surface area contributed by atoms with Gasteiger partial charge in [0.1, 0.15) is 5.82 Å². The summed E-state index contributed by atoms with van der Waals surface area (Å²) in [5, 5.41) is 8.70. The summed E-state index contributed by atoms with van der Waals surface area (Å²) in [6, 6.07) is 6.36. The van der Waals surface area contributed by atoms with Gasteiger partial charge in [-0.2, -0.15) is 5.26 Å². The van der Waals surface area contributed by atoms with Crippen LogP contribution < -0.4 is 0 Å². The van der Waals surface area contributed by atoms with Crippen molar-refractivity contribution in [1.82, 2.24) is 9.80 Å². The zero-order valence-corrected chi connectivity index (χ0v) is 10.9. The van der Waals surface area contributed by atoms with Crippen molar-refractivity contribution in [1.29, 1.82) is 5.26 Å². The Bertz CT molecular complexity index is 524. The van der Waals surface area contributed by atoms with Crippen LogP contribution in [-0.2, 0) is 11.3 Å². The number of carbonyl (C=O) groups is 1. The fraction of sp³-hybridized carbons (Fsp3) is 0.429. The van der Waals surface area contributed by atoms with Crippen molar-refractivity contribution >= 4 is 5.91 Å². The van der Waals surface area contributed by atoms with E-state index in [1.165, 1.54) is 6.07 Å². The summed E-state index contributed by atoms with van der Waals surface area (Å²) in [4.78, 5) is 15.4. The van der Waals surface area contributed by atoms with Crippen molar-refractivity contribution in [3.8, 4) is 6.07 Å². The van der Waals surface area contributed by atoms with E-state index >= 15 is 0 Å². The number of amides is 1. The topological polar surface area (TPSA) is 47.3 Å². The van der Waals surface area contributed by atoms with Gasteiger partial charge in [-0.1, -0.05) is 6.07 Å². The lowest BCUT2D eigenvalue weighted by Crippen LogP contribution is -2.34. The van der Waals surface area contributed by atoms with E-state index in [0.717, 1.165) is 19.5 Å². The number of carbonyl (C=O) groups excluding carboxylic acids is 1. The molecule has 0 unspecified atom stereocenters. The van der Waals surface area contributed by atoms with Crippen LogP contribution in [0, 0.1) is 17.1 Å².